The summed E-state index contributed by atoms with van der Waals surface area (Å²) in [6.45, 7) is 3.93. The summed E-state index contributed by atoms with van der Waals surface area (Å²) in [5.41, 5.74) is 5.62. The van der Waals surface area contributed by atoms with Gasteiger partial charge in [-0.25, -0.2) is 9.50 Å². The van der Waals surface area contributed by atoms with Crippen molar-refractivity contribution >= 4 is 17.2 Å². The average molecular weight is 402 g/mol. The van der Waals surface area contributed by atoms with Crippen LogP contribution in [0.3, 0.4) is 0 Å². The van der Waals surface area contributed by atoms with Crippen LogP contribution in [-0.4, -0.2) is 34.7 Å². The van der Waals surface area contributed by atoms with Crippen LogP contribution in [0.15, 0.2) is 55.0 Å². The topological polar surface area (TPSA) is 77.8 Å². The highest BCUT2D eigenvalue weighted by atomic mass is 16.5. The second kappa shape index (κ2) is 7.87. The Hall–Kier alpha value is -3.87. The standard InChI is InChI=1S/C23H22N4O3/c1-14-6-5-7-15(2)21(14)26-23(28)17-11-24-22-18(12-25-27(22)13-17)16-8-9-19(29-3)20(10-16)30-4/h5-13H,1-4H3,(H,26,28). The number of hydrogen-bond donors (Lipinski definition) is 1. The Labute approximate surface area is 174 Å². The number of ether oxygens (including phenoxy) is 2. The normalized spacial score (nSPS) is 10.8. The number of aromatic nitrogens is 3. The molecule has 0 aliphatic heterocycles. The Balaban J connectivity index is 1.66. The van der Waals surface area contributed by atoms with E-state index in [0.29, 0.717) is 22.7 Å². The number of para-hydroxylation sites is 1. The minimum absolute atomic E-state index is 0.232. The zero-order valence-corrected chi connectivity index (χ0v) is 17.3. The molecule has 0 atom stereocenters. The highest BCUT2D eigenvalue weighted by Crippen LogP contribution is 2.33. The molecular formula is C23H22N4O3. The number of anilines is 1. The van der Waals surface area contributed by atoms with Gasteiger partial charge in [-0.05, 0) is 42.7 Å². The highest BCUT2D eigenvalue weighted by Gasteiger charge is 2.15. The summed E-state index contributed by atoms with van der Waals surface area (Å²) < 4.78 is 12.3. The third-order valence-electron chi connectivity index (χ3n) is 5.03. The molecule has 0 saturated carbocycles. The van der Waals surface area contributed by atoms with E-state index >= 15 is 0 Å². The lowest BCUT2D eigenvalue weighted by atomic mass is 10.1. The number of amides is 1. The molecule has 0 unspecified atom stereocenters. The van der Waals surface area contributed by atoms with Gasteiger partial charge in [-0.2, -0.15) is 5.10 Å². The van der Waals surface area contributed by atoms with Gasteiger partial charge in [-0.3, -0.25) is 4.79 Å². The van der Waals surface area contributed by atoms with Crippen LogP contribution >= 0.6 is 0 Å². The van der Waals surface area contributed by atoms with Gasteiger partial charge in [0.25, 0.3) is 5.91 Å². The summed E-state index contributed by atoms with van der Waals surface area (Å²) in [7, 11) is 3.19. The summed E-state index contributed by atoms with van der Waals surface area (Å²) in [4.78, 5) is 17.3. The van der Waals surface area contributed by atoms with Gasteiger partial charge < -0.3 is 14.8 Å². The molecule has 4 rings (SSSR count). The minimum Gasteiger partial charge on any atom is -0.493 e. The van der Waals surface area contributed by atoms with Crippen molar-refractivity contribution in [2.75, 3.05) is 19.5 Å². The van der Waals surface area contributed by atoms with Crippen molar-refractivity contribution in [2.45, 2.75) is 13.8 Å². The fourth-order valence-corrected chi connectivity index (χ4v) is 3.40. The fraction of sp³-hybridized carbons (Fsp3) is 0.174. The lowest BCUT2D eigenvalue weighted by Crippen LogP contribution is -2.15. The molecule has 7 nitrogen and oxygen atoms in total. The average Bonchev–Trinajstić information content (AvgIpc) is 3.19. The maximum Gasteiger partial charge on any atom is 0.258 e. The van der Waals surface area contributed by atoms with Crippen molar-refractivity contribution in [3.63, 3.8) is 0 Å². The van der Waals surface area contributed by atoms with Gasteiger partial charge in [-0.15, -0.1) is 0 Å². The molecule has 0 fully saturated rings. The van der Waals surface area contributed by atoms with E-state index in [2.05, 4.69) is 15.4 Å². The number of nitrogens with zero attached hydrogens (tertiary/aromatic N) is 3. The van der Waals surface area contributed by atoms with Crippen molar-refractivity contribution in [1.29, 1.82) is 0 Å². The molecule has 152 valence electrons. The number of hydrogen-bond acceptors (Lipinski definition) is 5. The smallest absolute Gasteiger partial charge is 0.258 e. The molecule has 0 bridgehead atoms. The maximum atomic E-state index is 12.8. The summed E-state index contributed by atoms with van der Waals surface area (Å²) in [6, 6.07) is 11.5. The van der Waals surface area contributed by atoms with Crippen molar-refractivity contribution in [3.8, 4) is 22.6 Å². The first-order valence-electron chi connectivity index (χ1n) is 9.45. The van der Waals surface area contributed by atoms with Crippen LogP contribution in [0.4, 0.5) is 5.69 Å². The first-order valence-corrected chi connectivity index (χ1v) is 9.45. The van der Waals surface area contributed by atoms with Gasteiger partial charge in [0.15, 0.2) is 17.1 Å². The molecule has 0 aliphatic carbocycles. The van der Waals surface area contributed by atoms with E-state index in [-0.39, 0.29) is 5.91 Å². The van der Waals surface area contributed by atoms with E-state index in [4.69, 9.17) is 9.47 Å². The summed E-state index contributed by atoms with van der Waals surface area (Å²) in [5.74, 6) is 1.04. The molecule has 1 amide bonds. The third-order valence-corrected chi connectivity index (χ3v) is 5.03. The fourth-order valence-electron chi connectivity index (χ4n) is 3.40. The molecule has 0 aliphatic rings. The highest BCUT2D eigenvalue weighted by molar-refractivity contribution is 6.04. The predicted molar refractivity (Wildman–Crippen MR) is 115 cm³/mol. The van der Waals surface area contributed by atoms with Crippen LogP contribution in [0.5, 0.6) is 11.5 Å². The molecular weight excluding hydrogens is 380 g/mol. The van der Waals surface area contributed by atoms with Gasteiger partial charge in [0.05, 0.1) is 26.0 Å². The number of carbonyl (C=O) groups is 1. The first-order chi connectivity index (χ1) is 14.5. The third kappa shape index (κ3) is 3.45. The summed E-state index contributed by atoms with van der Waals surface area (Å²) >= 11 is 0. The SMILES string of the molecule is COc1ccc(-c2cnn3cc(C(=O)Nc4c(C)cccc4C)cnc23)cc1OC. The zero-order valence-electron chi connectivity index (χ0n) is 17.3. The van der Waals surface area contributed by atoms with Crippen molar-refractivity contribution in [2.24, 2.45) is 0 Å². The number of benzene rings is 2. The van der Waals surface area contributed by atoms with Crippen molar-refractivity contribution in [1.82, 2.24) is 14.6 Å². The Kier molecular flexibility index (Phi) is 5.10. The van der Waals surface area contributed by atoms with Crippen LogP contribution in [0.25, 0.3) is 16.8 Å². The Bertz CT molecular complexity index is 1230. The van der Waals surface area contributed by atoms with Crippen LogP contribution < -0.4 is 14.8 Å². The van der Waals surface area contributed by atoms with E-state index in [1.54, 1.807) is 37.3 Å². The number of rotatable bonds is 5. The molecule has 30 heavy (non-hydrogen) atoms. The number of fused-ring (bicyclic) bond motifs is 1. The van der Waals surface area contributed by atoms with Crippen LogP contribution in [0.1, 0.15) is 21.5 Å². The molecule has 0 radical (unpaired) electrons. The van der Waals surface area contributed by atoms with E-state index in [1.807, 2.05) is 50.2 Å². The van der Waals surface area contributed by atoms with Gasteiger partial charge in [-0.1, -0.05) is 24.3 Å². The number of nitrogens with one attached hydrogen (secondary N) is 1. The molecule has 2 aromatic heterocycles. The lowest BCUT2D eigenvalue weighted by Gasteiger charge is -2.11. The lowest BCUT2D eigenvalue weighted by molar-refractivity contribution is 0.102. The van der Waals surface area contributed by atoms with E-state index in [9.17, 15) is 4.79 Å². The zero-order chi connectivity index (χ0) is 21.3. The Morgan fingerprint density at radius 1 is 1.00 bits per heavy atom. The maximum absolute atomic E-state index is 12.8. The molecule has 2 aromatic carbocycles. The van der Waals surface area contributed by atoms with Crippen LogP contribution in [0, 0.1) is 13.8 Å². The van der Waals surface area contributed by atoms with Gasteiger partial charge in [0, 0.05) is 23.6 Å². The molecule has 7 heteroatoms. The predicted octanol–water partition coefficient (Wildman–Crippen LogP) is 4.28. The summed E-state index contributed by atoms with van der Waals surface area (Å²) in [6.07, 6.45) is 4.95. The van der Waals surface area contributed by atoms with Crippen molar-refractivity contribution < 1.29 is 14.3 Å². The number of carbonyl (C=O) groups excluding carboxylic acids is 1. The molecule has 0 saturated heterocycles. The molecule has 1 N–H and O–H groups in total. The molecule has 0 spiro atoms. The van der Waals surface area contributed by atoms with E-state index in [0.717, 1.165) is 27.9 Å². The van der Waals surface area contributed by atoms with Crippen molar-refractivity contribution in [3.05, 3.63) is 71.7 Å². The summed E-state index contributed by atoms with van der Waals surface area (Å²) in [5, 5.41) is 7.36. The van der Waals surface area contributed by atoms with E-state index in [1.165, 1.54) is 0 Å². The minimum atomic E-state index is -0.232. The van der Waals surface area contributed by atoms with Crippen LogP contribution in [-0.2, 0) is 0 Å². The van der Waals surface area contributed by atoms with Gasteiger partial charge in [0.1, 0.15) is 0 Å². The number of aryl methyl sites for hydroxylation is 2. The van der Waals surface area contributed by atoms with E-state index < -0.39 is 0 Å². The number of methoxy groups -OCH3 is 2. The Morgan fingerprint density at radius 3 is 2.43 bits per heavy atom. The second-order valence-corrected chi connectivity index (χ2v) is 6.96. The van der Waals surface area contributed by atoms with Crippen LogP contribution in [0.2, 0.25) is 0 Å². The second-order valence-electron chi connectivity index (χ2n) is 6.96. The van der Waals surface area contributed by atoms with Gasteiger partial charge >= 0.3 is 0 Å². The first kappa shape index (κ1) is 19.4. The van der Waals surface area contributed by atoms with Gasteiger partial charge in [0.2, 0.25) is 0 Å². The quantitative estimate of drug-likeness (QED) is 0.539. The monoisotopic (exact) mass is 402 g/mol. The molecule has 4 aromatic rings. The Morgan fingerprint density at radius 2 is 1.73 bits per heavy atom. The largest absolute Gasteiger partial charge is 0.493 e. The molecule has 2 heterocycles.